The van der Waals surface area contributed by atoms with Crippen LogP contribution in [0, 0.1) is 12.5 Å². The predicted molar refractivity (Wildman–Crippen MR) is 58.1 cm³/mol. The molecule has 1 aliphatic carbocycles. The van der Waals surface area contributed by atoms with Crippen molar-refractivity contribution in [2.24, 2.45) is 5.92 Å². The van der Waals surface area contributed by atoms with Gasteiger partial charge in [-0.05, 0) is 19.3 Å². The summed E-state index contributed by atoms with van der Waals surface area (Å²) in [6.07, 6.45) is 6.48. The molecular formula is C12H21O3. The summed E-state index contributed by atoms with van der Waals surface area (Å²) in [6.45, 7) is 4.60. The monoisotopic (exact) mass is 213 g/mol. The second-order valence-corrected chi connectivity index (χ2v) is 3.95. The van der Waals surface area contributed by atoms with Crippen molar-refractivity contribution in [1.82, 2.24) is 0 Å². The minimum atomic E-state index is -0.0326. The minimum Gasteiger partial charge on any atom is -0.463 e. The van der Waals surface area contributed by atoms with Crippen molar-refractivity contribution in [3.8, 4) is 0 Å². The third-order valence-corrected chi connectivity index (χ3v) is 2.67. The fraction of sp³-hybridized carbons (Fsp3) is 0.833. The second kappa shape index (κ2) is 7.69. The Labute approximate surface area is 92.1 Å². The summed E-state index contributed by atoms with van der Waals surface area (Å²) in [5.41, 5.74) is 0. The van der Waals surface area contributed by atoms with E-state index in [1.54, 1.807) is 6.61 Å². The topological polar surface area (TPSA) is 35.5 Å². The van der Waals surface area contributed by atoms with Crippen molar-refractivity contribution < 1.29 is 14.3 Å². The van der Waals surface area contributed by atoms with Gasteiger partial charge < -0.3 is 9.47 Å². The summed E-state index contributed by atoms with van der Waals surface area (Å²) in [7, 11) is 0. The van der Waals surface area contributed by atoms with Gasteiger partial charge in [-0.2, -0.15) is 0 Å². The smallest absolute Gasteiger partial charge is 0.309 e. The van der Waals surface area contributed by atoms with Gasteiger partial charge in [0.05, 0.1) is 19.1 Å². The molecule has 1 fully saturated rings. The van der Waals surface area contributed by atoms with Crippen molar-refractivity contribution in [3.63, 3.8) is 0 Å². The molecule has 87 valence electrons. The molecule has 1 aliphatic rings. The maximum absolute atomic E-state index is 11.5. The summed E-state index contributed by atoms with van der Waals surface area (Å²) < 4.78 is 10.3. The van der Waals surface area contributed by atoms with E-state index in [9.17, 15) is 4.79 Å². The quantitative estimate of drug-likeness (QED) is 0.502. The third-order valence-electron chi connectivity index (χ3n) is 2.67. The van der Waals surface area contributed by atoms with Gasteiger partial charge >= 0.3 is 5.97 Å². The lowest BCUT2D eigenvalue weighted by Crippen LogP contribution is -2.21. The SMILES string of the molecule is CC[CH]OCCOC(=O)C1CCCCC1. The average Bonchev–Trinajstić information content (AvgIpc) is 2.30. The van der Waals surface area contributed by atoms with Gasteiger partial charge in [-0.15, -0.1) is 0 Å². The van der Waals surface area contributed by atoms with E-state index in [0.29, 0.717) is 13.2 Å². The van der Waals surface area contributed by atoms with Gasteiger partial charge in [-0.25, -0.2) is 0 Å². The van der Waals surface area contributed by atoms with Gasteiger partial charge in [-0.3, -0.25) is 4.79 Å². The van der Waals surface area contributed by atoms with Crippen LogP contribution in [0.2, 0.25) is 0 Å². The van der Waals surface area contributed by atoms with E-state index in [4.69, 9.17) is 9.47 Å². The second-order valence-electron chi connectivity index (χ2n) is 3.95. The molecule has 0 aromatic rings. The normalized spacial score (nSPS) is 17.7. The zero-order valence-corrected chi connectivity index (χ0v) is 9.54. The maximum atomic E-state index is 11.5. The van der Waals surface area contributed by atoms with E-state index in [1.807, 2.05) is 6.92 Å². The predicted octanol–water partition coefficient (Wildman–Crippen LogP) is 2.70. The first-order valence-corrected chi connectivity index (χ1v) is 5.94. The fourth-order valence-corrected chi connectivity index (χ4v) is 1.85. The Balaban J connectivity index is 2.02. The van der Waals surface area contributed by atoms with Crippen LogP contribution < -0.4 is 0 Å². The van der Waals surface area contributed by atoms with Crippen molar-refractivity contribution in [3.05, 3.63) is 6.61 Å². The molecule has 0 aromatic heterocycles. The Hall–Kier alpha value is -0.570. The van der Waals surface area contributed by atoms with Gasteiger partial charge in [-0.1, -0.05) is 26.2 Å². The summed E-state index contributed by atoms with van der Waals surface area (Å²) >= 11 is 0. The van der Waals surface area contributed by atoms with Crippen molar-refractivity contribution in [2.75, 3.05) is 13.2 Å². The molecule has 1 rings (SSSR count). The summed E-state index contributed by atoms with van der Waals surface area (Å²) in [6, 6.07) is 0. The largest absolute Gasteiger partial charge is 0.463 e. The lowest BCUT2D eigenvalue weighted by atomic mass is 9.89. The number of carbonyl (C=O) groups excluding carboxylic acids is 1. The van der Waals surface area contributed by atoms with Crippen LogP contribution >= 0.6 is 0 Å². The first kappa shape index (κ1) is 12.5. The average molecular weight is 213 g/mol. The van der Waals surface area contributed by atoms with Crippen LogP contribution in [-0.4, -0.2) is 19.2 Å². The van der Waals surface area contributed by atoms with Crippen molar-refractivity contribution >= 4 is 5.97 Å². The number of carbonyl (C=O) groups is 1. The van der Waals surface area contributed by atoms with E-state index < -0.39 is 0 Å². The highest BCUT2D eigenvalue weighted by atomic mass is 16.6. The molecule has 0 heterocycles. The van der Waals surface area contributed by atoms with Crippen LogP contribution in [-0.2, 0) is 14.3 Å². The van der Waals surface area contributed by atoms with Crippen LogP contribution in [0.15, 0.2) is 0 Å². The zero-order valence-electron chi connectivity index (χ0n) is 9.54. The number of rotatable bonds is 6. The van der Waals surface area contributed by atoms with Crippen LogP contribution in [0.25, 0.3) is 0 Å². The Morgan fingerprint density at radius 3 is 2.67 bits per heavy atom. The van der Waals surface area contributed by atoms with Crippen molar-refractivity contribution in [2.45, 2.75) is 45.4 Å². The molecular weight excluding hydrogens is 192 g/mol. The van der Waals surface area contributed by atoms with Crippen LogP contribution in [0.1, 0.15) is 45.4 Å². The Morgan fingerprint density at radius 1 is 1.27 bits per heavy atom. The van der Waals surface area contributed by atoms with Gasteiger partial charge in [0.2, 0.25) is 0 Å². The highest BCUT2D eigenvalue weighted by Crippen LogP contribution is 2.24. The first-order chi connectivity index (χ1) is 7.34. The molecule has 0 bridgehead atoms. The number of hydrogen-bond acceptors (Lipinski definition) is 3. The van der Waals surface area contributed by atoms with E-state index in [2.05, 4.69) is 0 Å². The maximum Gasteiger partial charge on any atom is 0.309 e. The molecule has 3 heteroatoms. The van der Waals surface area contributed by atoms with E-state index in [1.165, 1.54) is 19.3 Å². The number of ether oxygens (including phenoxy) is 2. The lowest BCUT2D eigenvalue weighted by Gasteiger charge is -2.19. The van der Waals surface area contributed by atoms with Gasteiger partial charge in [0, 0.05) is 0 Å². The molecule has 1 saturated carbocycles. The third kappa shape index (κ3) is 5.17. The van der Waals surface area contributed by atoms with E-state index in [-0.39, 0.29) is 11.9 Å². The van der Waals surface area contributed by atoms with Gasteiger partial charge in [0.1, 0.15) is 6.61 Å². The molecule has 0 aliphatic heterocycles. The summed E-state index contributed by atoms with van der Waals surface area (Å²) in [5.74, 6) is 0.115. The van der Waals surface area contributed by atoms with Crippen LogP contribution in [0.4, 0.5) is 0 Å². The number of esters is 1. The van der Waals surface area contributed by atoms with Gasteiger partial charge in [0.25, 0.3) is 0 Å². The fourth-order valence-electron chi connectivity index (χ4n) is 1.85. The highest BCUT2D eigenvalue weighted by Gasteiger charge is 2.21. The first-order valence-electron chi connectivity index (χ1n) is 5.94. The molecule has 15 heavy (non-hydrogen) atoms. The molecule has 0 unspecified atom stereocenters. The molecule has 0 spiro atoms. The molecule has 3 nitrogen and oxygen atoms in total. The molecule has 0 amide bonds. The Kier molecular flexibility index (Phi) is 6.41. The minimum absolute atomic E-state index is 0.0326. The summed E-state index contributed by atoms with van der Waals surface area (Å²) in [4.78, 5) is 11.5. The van der Waals surface area contributed by atoms with Crippen LogP contribution in [0.5, 0.6) is 0 Å². The zero-order chi connectivity index (χ0) is 10.9. The van der Waals surface area contributed by atoms with Gasteiger partial charge in [0.15, 0.2) is 0 Å². The Bertz CT molecular complexity index is 174. The summed E-state index contributed by atoms with van der Waals surface area (Å²) in [5, 5.41) is 0. The molecule has 0 saturated heterocycles. The Morgan fingerprint density at radius 2 is 2.00 bits per heavy atom. The van der Waals surface area contributed by atoms with E-state index in [0.717, 1.165) is 19.3 Å². The molecule has 0 aromatic carbocycles. The number of hydrogen-bond donors (Lipinski definition) is 0. The molecule has 0 N–H and O–H groups in total. The van der Waals surface area contributed by atoms with Crippen molar-refractivity contribution in [1.29, 1.82) is 0 Å². The standard InChI is InChI=1S/C12H21O3/c1-2-8-14-9-10-15-12(13)11-6-4-3-5-7-11/h8,11H,2-7,9-10H2,1H3. The molecule has 1 radical (unpaired) electrons. The molecule has 0 atom stereocenters. The lowest BCUT2D eigenvalue weighted by molar-refractivity contribution is -0.150. The van der Waals surface area contributed by atoms with E-state index >= 15 is 0 Å². The highest BCUT2D eigenvalue weighted by molar-refractivity contribution is 5.72. The van der Waals surface area contributed by atoms with Crippen LogP contribution in [0.3, 0.4) is 0 Å².